The van der Waals surface area contributed by atoms with Crippen molar-refractivity contribution in [2.75, 3.05) is 0 Å². The third kappa shape index (κ3) is 2.47. The van der Waals surface area contributed by atoms with Crippen LogP contribution in [0, 0.1) is 11.8 Å². The van der Waals surface area contributed by atoms with Crippen molar-refractivity contribution >= 4 is 5.71 Å². The van der Waals surface area contributed by atoms with Crippen LogP contribution in [-0.4, -0.2) is 10.9 Å². The van der Waals surface area contributed by atoms with E-state index < -0.39 is 0 Å². The van der Waals surface area contributed by atoms with Gasteiger partial charge in [-0.3, -0.25) is 0 Å². The fraction of sp³-hybridized carbons (Fsp3) is 0.100. The van der Waals surface area contributed by atoms with Crippen LogP contribution in [0.2, 0.25) is 0 Å². The van der Waals surface area contributed by atoms with Crippen molar-refractivity contribution in [3.63, 3.8) is 0 Å². The van der Waals surface area contributed by atoms with Crippen molar-refractivity contribution in [3.8, 4) is 11.8 Å². The summed E-state index contributed by atoms with van der Waals surface area (Å²) in [5, 5.41) is 11.2. The summed E-state index contributed by atoms with van der Waals surface area (Å²) >= 11 is 0. The number of rotatable bonds is 0. The normalized spacial score (nSPS) is 10.2. The van der Waals surface area contributed by atoms with Crippen LogP contribution in [0.5, 0.6) is 0 Å². The topological polar surface area (TPSA) is 32.6 Å². The molecule has 0 spiro atoms. The third-order valence-corrected chi connectivity index (χ3v) is 1.31. The van der Waals surface area contributed by atoms with Crippen molar-refractivity contribution in [1.29, 1.82) is 0 Å². The van der Waals surface area contributed by atoms with Crippen molar-refractivity contribution in [1.82, 2.24) is 0 Å². The molecule has 12 heavy (non-hydrogen) atoms. The fourth-order valence-electron chi connectivity index (χ4n) is 0.709. The van der Waals surface area contributed by atoms with Gasteiger partial charge in [0.1, 0.15) is 5.71 Å². The maximum absolute atomic E-state index is 8.30. The standard InChI is InChI=1S/C10H9NO/c1-9(11-12)7-8-10-5-3-2-4-6-10/h2-6,12H,1H3. The molecule has 1 N–H and O–H groups in total. The van der Waals surface area contributed by atoms with Gasteiger partial charge in [-0.1, -0.05) is 29.3 Å². The lowest BCUT2D eigenvalue weighted by atomic mass is 10.2. The molecular weight excluding hydrogens is 150 g/mol. The molecule has 60 valence electrons. The monoisotopic (exact) mass is 159 g/mol. The van der Waals surface area contributed by atoms with Crippen molar-refractivity contribution in [3.05, 3.63) is 35.9 Å². The maximum atomic E-state index is 8.30. The molecule has 0 atom stereocenters. The zero-order valence-corrected chi connectivity index (χ0v) is 6.78. The highest BCUT2D eigenvalue weighted by Crippen LogP contribution is 1.94. The van der Waals surface area contributed by atoms with Crippen LogP contribution in [0.25, 0.3) is 0 Å². The van der Waals surface area contributed by atoms with Crippen LogP contribution in [0.1, 0.15) is 12.5 Å². The van der Waals surface area contributed by atoms with Crippen LogP contribution in [0.4, 0.5) is 0 Å². The first-order valence-electron chi connectivity index (χ1n) is 3.58. The molecule has 1 aromatic carbocycles. The van der Waals surface area contributed by atoms with E-state index in [2.05, 4.69) is 17.0 Å². The summed E-state index contributed by atoms with van der Waals surface area (Å²) in [5.41, 5.74) is 1.33. The molecule has 0 saturated heterocycles. The average molecular weight is 159 g/mol. The van der Waals surface area contributed by atoms with E-state index in [9.17, 15) is 0 Å². The average Bonchev–Trinajstić information content (AvgIpc) is 2.16. The highest BCUT2D eigenvalue weighted by Gasteiger charge is 1.82. The molecule has 1 aromatic rings. The Morgan fingerprint density at radius 3 is 2.58 bits per heavy atom. The van der Waals surface area contributed by atoms with Crippen LogP contribution in [-0.2, 0) is 0 Å². The van der Waals surface area contributed by atoms with Gasteiger partial charge in [0, 0.05) is 5.56 Å². The second-order valence-electron chi connectivity index (χ2n) is 2.30. The van der Waals surface area contributed by atoms with E-state index >= 15 is 0 Å². The minimum Gasteiger partial charge on any atom is -0.410 e. The van der Waals surface area contributed by atoms with Gasteiger partial charge in [-0.2, -0.15) is 0 Å². The number of hydrogen-bond acceptors (Lipinski definition) is 2. The van der Waals surface area contributed by atoms with Crippen LogP contribution in [0.3, 0.4) is 0 Å². The van der Waals surface area contributed by atoms with Crippen molar-refractivity contribution < 1.29 is 5.21 Å². The summed E-state index contributed by atoms with van der Waals surface area (Å²) in [4.78, 5) is 0. The molecule has 2 nitrogen and oxygen atoms in total. The summed E-state index contributed by atoms with van der Waals surface area (Å²) in [6.45, 7) is 1.65. The molecular formula is C10H9NO. The molecule has 0 saturated carbocycles. The summed E-state index contributed by atoms with van der Waals surface area (Å²) in [6.07, 6.45) is 0. The van der Waals surface area contributed by atoms with Gasteiger partial charge in [-0.05, 0) is 25.0 Å². The minimum atomic E-state index is 0.416. The summed E-state index contributed by atoms with van der Waals surface area (Å²) in [7, 11) is 0. The number of benzene rings is 1. The maximum Gasteiger partial charge on any atom is 0.126 e. The Kier molecular flexibility index (Phi) is 2.92. The molecule has 0 aromatic heterocycles. The van der Waals surface area contributed by atoms with Gasteiger partial charge in [0.05, 0.1) is 0 Å². The number of hydrogen-bond donors (Lipinski definition) is 1. The van der Waals surface area contributed by atoms with Crippen LogP contribution < -0.4 is 0 Å². The lowest BCUT2D eigenvalue weighted by Gasteiger charge is -1.85. The zero-order chi connectivity index (χ0) is 8.81. The Morgan fingerprint density at radius 1 is 1.33 bits per heavy atom. The van der Waals surface area contributed by atoms with Crippen LogP contribution >= 0.6 is 0 Å². The fourth-order valence-corrected chi connectivity index (χ4v) is 0.709. The van der Waals surface area contributed by atoms with E-state index in [4.69, 9.17) is 5.21 Å². The highest BCUT2D eigenvalue weighted by atomic mass is 16.4. The highest BCUT2D eigenvalue weighted by molar-refractivity contribution is 5.98. The van der Waals surface area contributed by atoms with Gasteiger partial charge in [-0.15, -0.1) is 0 Å². The van der Waals surface area contributed by atoms with E-state index in [0.29, 0.717) is 5.71 Å². The van der Waals surface area contributed by atoms with Gasteiger partial charge < -0.3 is 5.21 Å². The van der Waals surface area contributed by atoms with Crippen molar-refractivity contribution in [2.45, 2.75) is 6.92 Å². The quantitative estimate of drug-likeness (QED) is 0.266. The predicted octanol–water partition coefficient (Wildman–Crippen LogP) is 1.89. The first-order chi connectivity index (χ1) is 5.83. The molecule has 0 unspecified atom stereocenters. The largest absolute Gasteiger partial charge is 0.410 e. The number of nitrogens with zero attached hydrogens (tertiary/aromatic N) is 1. The lowest BCUT2D eigenvalue weighted by Crippen LogP contribution is -1.83. The smallest absolute Gasteiger partial charge is 0.126 e. The summed E-state index contributed by atoms with van der Waals surface area (Å²) in [5.74, 6) is 5.55. The lowest BCUT2D eigenvalue weighted by molar-refractivity contribution is 0.319. The Hall–Kier alpha value is -1.75. The van der Waals surface area contributed by atoms with Gasteiger partial charge in [0.2, 0.25) is 0 Å². The first kappa shape index (κ1) is 8.35. The van der Waals surface area contributed by atoms with Gasteiger partial charge >= 0.3 is 0 Å². The molecule has 2 heteroatoms. The molecule has 0 aliphatic rings. The van der Waals surface area contributed by atoms with E-state index in [1.807, 2.05) is 30.3 Å². The van der Waals surface area contributed by atoms with Gasteiger partial charge in [-0.25, -0.2) is 0 Å². The molecule has 1 rings (SSSR count). The Bertz CT molecular complexity index is 330. The number of oxime groups is 1. The Morgan fingerprint density at radius 2 is 2.00 bits per heavy atom. The zero-order valence-electron chi connectivity index (χ0n) is 6.78. The predicted molar refractivity (Wildman–Crippen MR) is 48.2 cm³/mol. The van der Waals surface area contributed by atoms with Crippen LogP contribution in [0.15, 0.2) is 35.5 Å². The second-order valence-corrected chi connectivity index (χ2v) is 2.30. The van der Waals surface area contributed by atoms with E-state index in [1.165, 1.54) is 0 Å². The molecule has 0 aliphatic heterocycles. The van der Waals surface area contributed by atoms with Crippen molar-refractivity contribution in [2.24, 2.45) is 5.16 Å². The Balaban J connectivity index is 2.81. The summed E-state index contributed by atoms with van der Waals surface area (Å²) in [6, 6.07) is 9.55. The SMILES string of the molecule is CC(C#Cc1ccccc1)=NO. The van der Waals surface area contributed by atoms with Gasteiger partial charge in [0.15, 0.2) is 0 Å². The van der Waals surface area contributed by atoms with E-state index in [-0.39, 0.29) is 0 Å². The Labute approximate surface area is 71.5 Å². The third-order valence-electron chi connectivity index (χ3n) is 1.31. The molecule has 0 radical (unpaired) electrons. The molecule has 0 heterocycles. The minimum absolute atomic E-state index is 0.416. The molecule has 0 fully saturated rings. The summed E-state index contributed by atoms with van der Waals surface area (Å²) < 4.78 is 0. The molecule has 0 amide bonds. The first-order valence-corrected chi connectivity index (χ1v) is 3.58. The van der Waals surface area contributed by atoms with E-state index in [0.717, 1.165) is 5.56 Å². The molecule has 0 aliphatic carbocycles. The van der Waals surface area contributed by atoms with E-state index in [1.54, 1.807) is 6.92 Å². The molecule has 0 bridgehead atoms. The van der Waals surface area contributed by atoms with Gasteiger partial charge in [0.25, 0.3) is 0 Å². The second kappa shape index (κ2) is 4.20.